The first-order valence-electron chi connectivity index (χ1n) is 8.18. The van der Waals surface area contributed by atoms with E-state index in [1.807, 2.05) is 36.4 Å². The lowest BCUT2D eigenvalue weighted by molar-refractivity contribution is -0.122. The van der Waals surface area contributed by atoms with E-state index in [4.69, 9.17) is 0 Å². The van der Waals surface area contributed by atoms with E-state index >= 15 is 0 Å². The highest BCUT2D eigenvalue weighted by Crippen LogP contribution is 2.21. The second-order valence-electron chi connectivity index (χ2n) is 5.63. The number of aryl methyl sites for hydroxylation is 1. The minimum absolute atomic E-state index is 0.0251. The fraction of sp³-hybridized carbons (Fsp3) is 0.350. The first kappa shape index (κ1) is 16.3. The fourth-order valence-corrected chi connectivity index (χ4v) is 2.70. The Morgan fingerprint density at radius 2 is 1.64 bits per heavy atom. The normalized spacial score (nSPS) is 11.9. The van der Waals surface area contributed by atoms with Crippen LogP contribution in [-0.2, 0) is 11.2 Å². The summed E-state index contributed by atoms with van der Waals surface area (Å²) in [4.78, 5) is 12.4. The van der Waals surface area contributed by atoms with Crippen LogP contribution in [0.1, 0.15) is 43.2 Å². The molecule has 2 aromatic rings. The standard InChI is InChI=1S/C20H25NO/c1-2-10-19(18-14-7-4-8-15-18)20(22)21-16-9-13-17-11-5-3-6-12-17/h3-8,11-12,14-15,19H,2,9-10,13,16H2,1H3,(H,21,22). The van der Waals surface area contributed by atoms with E-state index in [0.29, 0.717) is 0 Å². The second-order valence-corrected chi connectivity index (χ2v) is 5.63. The zero-order valence-corrected chi connectivity index (χ0v) is 13.3. The van der Waals surface area contributed by atoms with Gasteiger partial charge in [-0.15, -0.1) is 0 Å². The van der Waals surface area contributed by atoms with Gasteiger partial charge in [0, 0.05) is 6.54 Å². The molecule has 0 aliphatic rings. The monoisotopic (exact) mass is 295 g/mol. The third-order valence-electron chi connectivity index (χ3n) is 3.88. The van der Waals surface area contributed by atoms with Crippen molar-refractivity contribution in [3.63, 3.8) is 0 Å². The van der Waals surface area contributed by atoms with Crippen molar-refractivity contribution in [2.45, 2.75) is 38.5 Å². The Morgan fingerprint density at radius 1 is 1.00 bits per heavy atom. The second kappa shape index (κ2) is 9.04. The highest BCUT2D eigenvalue weighted by Gasteiger charge is 2.18. The van der Waals surface area contributed by atoms with Crippen LogP contribution in [0.4, 0.5) is 0 Å². The maximum Gasteiger partial charge on any atom is 0.227 e. The number of carbonyl (C=O) groups excluding carboxylic acids is 1. The van der Waals surface area contributed by atoms with Gasteiger partial charge in [0.05, 0.1) is 5.92 Å². The van der Waals surface area contributed by atoms with E-state index in [1.54, 1.807) is 0 Å². The molecule has 2 heteroatoms. The minimum Gasteiger partial charge on any atom is -0.356 e. The predicted octanol–water partition coefficient (Wildman–Crippen LogP) is 4.32. The zero-order valence-electron chi connectivity index (χ0n) is 13.3. The van der Waals surface area contributed by atoms with Gasteiger partial charge in [-0.2, -0.15) is 0 Å². The van der Waals surface area contributed by atoms with Gasteiger partial charge in [-0.25, -0.2) is 0 Å². The molecule has 0 aliphatic carbocycles. The van der Waals surface area contributed by atoms with E-state index in [2.05, 4.69) is 36.5 Å². The van der Waals surface area contributed by atoms with Crippen molar-refractivity contribution in [1.82, 2.24) is 5.32 Å². The lowest BCUT2D eigenvalue weighted by atomic mass is 9.93. The van der Waals surface area contributed by atoms with Crippen molar-refractivity contribution < 1.29 is 4.79 Å². The molecule has 0 aliphatic heterocycles. The summed E-state index contributed by atoms with van der Waals surface area (Å²) >= 11 is 0. The molecule has 22 heavy (non-hydrogen) atoms. The maximum atomic E-state index is 12.4. The average molecular weight is 295 g/mol. The van der Waals surface area contributed by atoms with Crippen LogP contribution in [0.15, 0.2) is 60.7 Å². The Hall–Kier alpha value is -2.09. The molecule has 116 valence electrons. The van der Waals surface area contributed by atoms with Crippen molar-refractivity contribution in [3.8, 4) is 0 Å². The van der Waals surface area contributed by atoms with Crippen LogP contribution in [0.25, 0.3) is 0 Å². The summed E-state index contributed by atoms with van der Waals surface area (Å²) in [6.07, 6.45) is 3.89. The minimum atomic E-state index is -0.0251. The molecule has 1 amide bonds. The van der Waals surface area contributed by atoms with Crippen molar-refractivity contribution in [1.29, 1.82) is 0 Å². The SMILES string of the molecule is CCCC(C(=O)NCCCc1ccccc1)c1ccccc1. The summed E-state index contributed by atoms with van der Waals surface area (Å²) in [6.45, 7) is 2.86. The number of carbonyl (C=O) groups is 1. The predicted molar refractivity (Wildman–Crippen MR) is 91.9 cm³/mol. The molecule has 2 aromatic carbocycles. The van der Waals surface area contributed by atoms with E-state index in [1.165, 1.54) is 5.56 Å². The Balaban J connectivity index is 1.81. The van der Waals surface area contributed by atoms with Crippen LogP contribution >= 0.6 is 0 Å². The Kier molecular flexibility index (Phi) is 6.69. The molecule has 0 radical (unpaired) electrons. The molecule has 1 atom stereocenters. The van der Waals surface area contributed by atoms with Gasteiger partial charge < -0.3 is 5.32 Å². The Bertz CT molecular complexity index is 550. The third kappa shape index (κ3) is 5.03. The Labute approximate surface area is 133 Å². The number of hydrogen-bond donors (Lipinski definition) is 1. The van der Waals surface area contributed by atoms with Gasteiger partial charge in [-0.1, -0.05) is 74.0 Å². The molecule has 1 unspecified atom stereocenters. The number of hydrogen-bond acceptors (Lipinski definition) is 1. The molecule has 1 N–H and O–H groups in total. The van der Waals surface area contributed by atoms with Crippen LogP contribution in [0.5, 0.6) is 0 Å². The first-order chi connectivity index (χ1) is 10.8. The smallest absolute Gasteiger partial charge is 0.227 e. The number of nitrogens with one attached hydrogen (secondary N) is 1. The summed E-state index contributed by atoms with van der Waals surface area (Å²) in [7, 11) is 0. The highest BCUT2D eigenvalue weighted by atomic mass is 16.1. The van der Waals surface area contributed by atoms with Crippen LogP contribution in [0.3, 0.4) is 0 Å². The van der Waals surface area contributed by atoms with Crippen LogP contribution in [0.2, 0.25) is 0 Å². The topological polar surface area (TPSA) is 29.1 Å². The Morgan fingerprint density at radius 3 is 2.27 bits per heavy atom. The molecule has 2 nitrogen and oxygen atoms in total. The largest absolute Gasteiger partial charge is 0.356 e. The highest BCUT2D eigenvalue weighted by molar-refractivity contribution is 5.83. The van der Waals surface area contributed by atoms with E-state index in [0.717, 1.165) is 37.8 Å². The summed E-state index contributed by atoms with van der Waals surface area (Å²) in [6, 6.07) is 20.5. The van der Waals surface area contributed by atoms with Gasteiger partial charge in [-0.05, 0) is 30.4 Å². The van der Waals surface area contributed by atoms with Gasteiger partial charge in [0.25, 0.3) is 0 Å². The number of benzene rings is 2. The molecule has 0 saturated carbocycles. The van der Waals surface area contributed by atoms with Crippen LogP contribution < -0.4 is 5.32 Å². The van der Waals surface area contributed by atoms with Crippen molar-refractivity contribution in [2.75, 3.05) is 6.54 Å². The summed E-state index contributed by atoms with van der Waals surface area (Å²) in [5, 5.41) is 3.10. The number of amides is 1. The van der Waals surface area contributed by atoms with Gasteiger partial charge in [0.1, 0.15) is 0 Å². The first-order valence-corrected chi connectivity index (χ1v) is 8.18. The zero-order chi connectivity index (χ0) is 15.6. The average Bonchev–Trinajstić information content (AvgIpc) is 2.58. The molecule has 0 saturated heterocycles. The fourth-order valence-electron chi connectivity index (χ4n) is 2.70. The van der Waals surface area contributed by atoms with Crippen molar-refractivity contribution in [2.24, 2.45) is 0 Å². The maximum absolute atomic E-state index is 12.4. The van der Waals surface area contributed by atoms with E-state index in [9.17, 15) is 4.79 Å². The van der Waals surface area contributed by atoms with Gasteiger partial charge in [-0.3, -0.25) is 4.79 Å². The molecular formula is C20H25NO. The van der Waals surface area contributed by atoms with E-state index in [-0.39, 0.29) is 11.8 Å². The molecule has 0 heterocycles. The van der Waals surface area contributed by atoms with Crippen LogP contribution in [0, 0.1) is 0 Å². The summed E-state index contributed by atoms with van der Waals surface area (Å²) in [5.74, 6) is 0.129. The summed E-state index contributed by atoms with van der Waals surface area (Å²) in [5.41, 5.74) is 2.44. The van der Waals surface area contributed by atoms with Gasteiger partial charge in [0.15, 0.2) is 0 Å². The quantitative estimate of drug-likeness (QED) is 0.722. The molecular weight excluding hydrogens is 270 g/mol. The molecule has 0 aromatic heterocycles. The van der Waals surface area contributed by atoms with Crippen molar-refractivity contribution in [3.05, 3.63) is 71.8 Å². The summed E-state index contributed by atoms with van der Waals surface area (Å²) < 4.78 is 0. The molecule has 0 spiro atoms. The molecule has 0 fully saturated rings. The molecule has 0 bridgehead atoms. The van der Waals surface area contributed by atoms with Crippen LogP contribution in [-0.4, -0.2) is 12.5 Å². The lowest BCUT2D eigenvalue weighted by Crippen LogP contribution is -2.30. The van der Waals surface area contributed by atoms with Crippen molar-refractivity contribution >= 4 is 5.91 Å². The molecule has 2 rings (SSSR count). The van der Waals surface area contributed by atoms with E-state index < -0.39 is 0 Å². The lowest BCUT2D eigenvalue weighted by Gasteiger charge is -2.16. The van der Waals surface area contributed by atoms with Gasteiger partial charge >= 0.3 is 0 Å². The third-order valence-corrected chi connectivity index (χ3v) is 3.88. The number of rotatable bonds is 8. The van der Waals surface area contributed by atoms with Gasteiger partial charge in [0.2, 0.25) is 5.91 Å².